The Hall–Kier alpha value is -3.87. The summed E-state index contributed by atoms with van der Waals surface area (Å²) in [7, 11) is 0. The van der Waals surface area contributed by atoms with Crippen LogP contribution in [0.1, 0.15) is 16.7 Å². The standard InChI is InChI=1S/C24H15F3N2O2/c25-24(26,27)19-8-12-21(13-9-19)30-20-10-6-16(7-11-20)22-28-23(31-29-22)18-5-4-15-2-1-3-17(15)14-18/h1,3-14H,2H2. The zero-order chi connectivity index (χ0) is 21.4. The molecule has 7 heteroatoms. The fraction of sp³-hybridized carbons (Fsp3) is 0.0833. The van der Waals surface area contributed by atoms with Crippen molar-refractivity contribution < 1.29 is 22.4 Å². The van der Waals surface area contributed by atoms with Crippen LogP contribution in [0.25, 0.3) is 28.9 Å². The summed E-state index contributed by atoms with van der Waals surface area (Å²) in [5, 5.41) is 4.05. The molecule has 1 aliphatic carbocycles. The molecule has 4 aromatic rings. The number of halogens is 3. The van der Waals surface area contributed by atoms with E-state index >= 15 is 0 Å². The third kappa shape index (κ3) is 3.94. The molecule has 0 bridgehead atoms. The molecule has 31 heavy (non-hydrogen) atoms. The zero-order valence-corrected chi connectivity index (χ0v) is 16.1. The molecule has 1 heterocycles. The Labute approximate surface area is 175 Å². The first-order chi connectivity index (χ1) is 15.0. The van der Waals surface area contributed by atoms with Crippen LogP contribution in [0.2, 0.25) is 0 Å². The molecule has 0 amide bonds. The quantitative estimate of drug-likeness (QED) is 0.365. The van der Waals surface area contributed by atoms with Crippen molar-refractivity contribution in [3.8, 4) is 34.3 Å². The summed E-state index contributed by atoms with van der Waals surface area (Å²) in [6.45, 7) is 0. The average molecular weight is 420 g/mol. The number of alkyl halides is 3. The van der Waals surface area contributed by atoms with Crippen molar-refractivity contribution in [2.24, 2.45) is 0 Å². The molecule has 3 aromatic carbocycles. The van der Waals surface area contributed by atoms with Crippen LogP contribution < -0.4 is 4.74 Å². The second-order valence-corrected chi connectivity index (χ2v) is 7.09. The first kappa shape index (κ1) is 19.1. The lowest BCUT2D eigenvalue weighted by Crippen LogP contribution is -2.03. The van der Waals surface area contributed by atoms with Crippen molar-refractivity contribution in [3.63, 3.8) is 0 Å². The molecular weight excluding hydrogens is 405 g/mol. The number of aromatic nitrogens is 2. The number of nitrogens with zero attached hydrogens (tertiary/aromatic N) is 2. The normalized spacial score (nSPS) is 12.7. The van der Waals surface area contributed by atoms with E-state index < -0.39 is 11.7 Å². The average Bonchev–Trinajstić information content (AvgIpc) is 3.43. The molecule has 0 unspecified atom stereocenters. The van der Waals surface area contributed by atoms with Crippen LogP contribution in [0.4, 0.5) is 13.2 Å². The largest absolute Gasteiger partial charge is 0.457 e. The van der Waals surface area contributed by atoms with Gasteiger partial charge in [-0.05, 0) is 78.2 Å². The van der Waals surface area contributed by atoms with Gasteiger partial charge in [-0.3, -0.25) is 0 Å². The van der Waals surface area contributed by atoms with Crippen molar-refractivity contribution in [1.82, 2.24) is 10.1 Å². The van der Waals surface area contributed by atoms with E-state index in [-0.39, 0.29) is 0 Å². The Morgan fingerprint density at radius 3 is 2.23 bits per heavy atom. The van der Waals surface area contributed by atoms with E-state index in [4.69, 9.17) is 9.26 Å². The van der Waals surface area contributed by atoms with Gasteiger partial charge in [-0.2, -0.15) is 18.2 Å². The second kappa shape index (κ2) is 7.43. The minimum Gasteiger partial charge on any atom is -0.457 e. The predicted molar refractivity (Wildman–Crippen MR) is 109 cm³/mol. The maximum absolute atomic E-state index is 12.7. The van der Waals surface area contributed by atoms with E-state index in [9.17, 15) is 13.2 Å². The summed E-state index contributed by atoms with van der Waals surface area (Å²) in [4.78, 5) is 4.47. The SMILES string of the molecule is FC(F)(F)c1ccc(Oc2ccc(-c3noc(-c4ccc5c(c4)C=CC5)n3)cc2)cc1. The van der Waals surface area contributed by atoms with Gasteiger partial charge in [0, 0.05) is 11.1 Å². The summed E-state index contributed by atoms with van der Waals surface area (Å²) >= 11 is 0. The van der Waals surface area contributed by atoms with E-state index in [0.717, 1.165) is 35.2 Å². The van der Waals surface area contributed by atoms with Crippen molar-refractivity contribution >= 4 is 6.08 Å². The summed E-state index contributed by atoms with van der Waals surface area (Å²) in [5.74, 6) is 1.67. The van der Waals surface area contributed by atoms with Crippen LogP contribution in [0.15, 0.2) is 77.3 Å². The molecule has 0 N–H and O–H groups in total. The van der Waals surface area contributed by atoms with Crippen LogP contribution in [0, 0.1) is 0 Å². The van der Waals surface area contributed by atoms with E-state index in [2.05, 4.69) is 28.4 Å². The molecule has 4 nitrogen and oxygen atoms in total. The number of allylic oxidation sites excluding steroid dienone is 1. The van der Waals surface area contributed by atoms with Crippen LogP contribution in [0.5, 0.6) is 11.5 Å². The lowest BCUT2D eigenvalue weighted by atomic mass is 10.1. The Balaban J connectivity index is 1.31. The summed E-state index contributed by atoms with van der Waals surface area (Å²) < 4.78 is 49.0. The number of rotatable bonds is 4. The molecular formula is C24H15F3N2O2. The van der Waals surface area contributed by atoms with Gasteiger partial charge in [-0.1, -0.05) is 23.4 Å². The van der Waals surface area contributed by atoms with Crippen molar-refractivity contribution in [1.29, 1.82) is 0 Å². The lowest BCUT2D eigenvalue weighted by Gasteiger charge is -2.09. The minimum atomic E-state index is -4.37. The van der Waals surface area contributed by atoms with Gasteiger partial charge in [0.05, 0.1) is 5.56 Å². The molecule has 0 atom stereocenters. The van der Waals surface area contributed by atoms with Gasteiger partial charge in [0.1, 0.15) is 11.5 Å². The highest BCUT2D eigenvalue weighted by Gasteiger charge is 2.30. The number of hydrogen-bond acceptors (Lipinski definition) is 4. The molecule has 154 valence electrons. The van der Waals surface area contributed by atoms with Gasteiger partial charge in [0.15, 0.2) is 0 Å². The topological polar surface area (TPSA) is 48.2 Å². The number of ether oxygens (including phenoxy) is 1. The second-order valence-electron chi connectivity index (χ2n) is 7.09. The van der Waals surface area contributed by atoms with E-state index in [1.807, 2.05) is 12.1 Å². The van der Waals surface area contributed by atoms with Crippen molar-refractivity contribution in [2.45, 2.75) is 12.6 Å². The van der Waals surface area contributed by atoms with Crippen LogP contribution in [-0.2, 0) is 12.6 Å². The fourth-order valence-electron chi connectivity index (χ4n) is 3.36. The fourth-order valence-corrected chi connectivity index (χ4v) is 3.36. The smallest absolute Gasteiger partial charge is 0.416 e. The molecule has 0 radical (unpaired) electrons. The van der Waals surface area contributed by atoms with Gasteiger partial charge in [-0.25, -0.2) is 0 Å². The third-order valence-electron chi connectivity index (χ3n) is 4.98. The van der Waals surface area contributed by atoms with Gasteiger partial charge in [-0.15, -0.1) is 0 Å². The molecule has 0 aliphatic heterocycles. The Morgan fingerprint density at radius 2 is 1.52 bits per heavy atom. The summed E-state index contributed by atoms with van der Waals surface area (Å²) in [5.41, 5.74) is 3.29. The molecule has 0 fully saturated rings. The highest BCUT2D eigenvalue weighted by Crippen LogP contribution is 2.32. The van der Waals surface area contributed by atoms with E-state index in [0.29, 0.717) is 23.2 Å². The molecule has 1 aliphatic rings. The highest BCUT2D eigenvalue weighted by atomic mass is 19.4. The van der Waals surface area contributed by atoms with Crippen molar-refractivity contribution in [3.05, 3.63) is 89.5 Å². The minimum absolute atomic E-state index is 0.313. The lowest BCUT2D eigenvalue weighted by molar-refractivity contribution is -0.137. The highest BCUT2D eigenvalue weighted by molar-refractivity contribution is 5.68. The third-order valence-corrected chi connectivity index (χ3v) is 4.98. The summed E-state index contributed by atoms with van der Waals surface area (Å²) in [6, 6.07) is 17.5. The van der Waals surface area contributed by atoms with Gasteiger partial charge >= 0.3 is 6.18 Å². The first-order valence-electron chi connectivity index (χ1n) is 9.55. The molecule has 5 rings (SSSR count). The number of benzene rings is 3. The molecule has 0 saturated carbocycles. The van der Waals surface area contributed by atoms with Gasteiger partial charge in [0.2, 0.25) is 5.82 Å². The van der Waals surface area contributed by atoms with Crippen molar-refractivity contribution in [2.75, 3.05) is 0 Å². The first-order valence-corrected chi connectivity index (χ1v) is 9.55. The monoisotopic (exact) mass is 420 g/mol. The molecule has 0 spiro atoms. The van der Waals surface area contributed by atoms with Crippen LogP contribution in [-0.4, -0.2) is 10.1 Å². The molecule has 0 saturated heterocycles. The molecule has 1 aromatic heterocycles. The zero-order valence-electron chi connectivity index (χ0n) is 16.1. The van der Waals surface area contributed by atoms with Crippen LogP contribution >= 0.6 is 0 Å². The van der Waals surface area contributed by atoms with E-state index in [1.54, 1.807) is 24.3 Å². The Bertz CT molecular complexity index is 1260. The maximum atomic E-state index is 12.7. The predicted octanol–water partition coefficient (Wildman–Crippen LogP) is 6.78. The number of fused-ring (bicyclic) bond motifs is 1. The summed E-state index contributed by atoms with van der Waals surface area (Å²) in [6.07, 6.45) is 0.749. The van der Waals surface area contributed by atoms with Gasteiger partial charge < -0.3 is 9.26 Å². The maximum Gasteiger partial charge on any atom is 0.416 e. The Kier molecular flexibility index (Phi) is 4.58. The Morgan fingerprint density at radius 1 is 0.839 bits per heavy atom. The number of hydrogen-bond donors (Lipinski definition) is 0. The van der Waals surface area contributed by atoms with E-state index in [1.165, 1.54) is 17.7 Å². The van der Waals surface area contributed by atoms with Gasteiger partial charge in [0.25, 0.3) is 5.89 Å². The van der Waals surface area contributed by atoms with Crippen LogP contribution in [0.3, 0.4) is 0 Å².